The Bertz CT molecular complexity index is 309. The van der Waals surface area contributed by atoms with Crippen LogP contribution in [0, 0.1) is 0 Å². The largest absolute Gasteiger partial charge is 0.329 e. The van der Waals surface area contributed by atoms with Gasteiger partial charge in [0.15, 0.2) is 0 Å². The van der Waals surface area contributed by atoms with Gasteiger partial charge in [-0.15, -0.1) is 0 Å². The Hall–Kier alpha value is -0.910. The quantitative estimate of drug-likeness (QED) is 0.681. The van der Waals surface area contributed by atoms with E-state index in [0.717, 1.165) is 31.9 Å². The molecule has 84 valence electrons. The van der Waals surface area contributed by atoms with Crippen molar-refractivity contribution in [2.75, 3.05) is 26.2 Å². The minimum absolute atomic E-state index is 0.445. The lowest BCUT2D eigenvalue weighted by atomic mass is 10.2. The molecule has 1 aromatic rings. The summed E-state index contributed by atoms with van der Waals surface area (Å²) >= 11 is 0. The first kappa shape index (κ1) is 10.6. The van der Waals surface area contributed by atoms with E-state index in [1.807, 2.05) is 17.9 Å². The second-order valence-electron chi connectivity index (χ2n) is 4.04. The third-order valence-electron chi connectivity index (χ3n) is 2.88. The van der Waals surface area contributed by atoms with E-state index in [-0.39, 0.29) is 0 Å². The Balaban J connectivity index is 1.97. The highest BCUT2D eigenvalue weighted by Gasteiger charge is 2.21. The fourth-order valence-corrected chi connectivity index (χ4v) is 2.00. The fourth-order valence-electron chi connectivity index (χ4n) is 2.00. The lowest BCUT2D eigenvalue weighted by Crippen LogP contribution is -2.53. The summed E-state index contributed by atoms with van der Waals surface area (Å²) in [4.78, 5) is 2.40. The molecule has 0 amide bonds. The summed E-state index contributed by atoms with van der Waals surface area (Å²) < 4.78 is 1.84. The van der Waals surface area contributed by atoms with Gasteiger partial charge in [0.2, 0.25) is 0 Å². The average Bonchev–Trinajstić information content (AvgIpc) is 2.65. The fraction of sp³-hybridized carbons (Fsp3) is 0.700. The van der Waals surface area contributed by atoms with Gasteiger partial charge in [0, 0.05) is 52.0 Å². The highest BCUT2D eigenvalue weighted by atomic mass is 15.3. The number of rotatable bonds is 3. The normalized spacial score (nSPS) is 23.2. The van der Waals surface area contributed by atoms with Crippen molar-refractivity contribution < 1.29 is 0 Å². The van der Waals surface area contributed by atoms with Crippen LogP contribution in [0.5, 0.6) is 0 Å². The van der Waals surface area contributed by atoms with Crippen molar-refractivity contribution >= 4 is 0 Å². The molecule has 0 aliphatic carbocycles. The Kier molecular flexibility index (Phi) is 3.35. The summed E-state index contributed by atoms with van der Waals surface area (Å²) in [5, 5.41) is 7.75. The first-order valence-corrected chi connectivity index (χ1v) is 5.43. The van der Waals surface area contributed by atoms with Gasteiger partial charge in [-0.1, -0.05) is 0 Å². The zero-order valence-corrected chi connectivity index (χ0v) is 9.19. The highest BCUT2D eigenvalue weighted by molar-refractivity contribution is 4.99. The number of aryl methyl sites for hydroxylation is 1. The zero-order valence-electron chi connectivity index (χ0n) is 9.19. The molecule has 2 heterocycles. The predicted octanol–water partition coefficient (Wildman–Crippen LogP) is -0.847. The summed E-state index contributed by atoms with van der Waals surface area (Å²) in [6.07, 6.45) is 1.98. The van der Waals surface area contributed by atoms with Crippen LogP contribution in [0.25, 0.3) is 0 Å². The average molecular weight is 209 g/mol. The summed E-state index contributed by atoms with van der Waals surface area (Å²) in [5.41, 5.74) is 6.87. The van der Waals surface area contributed by atoms with E-state index in [0.29, 0.717) is 12.6 Å². The van der Waals surface area contributed by atoms with Gasteiger partial charge < -0.3 is 11.1 Å². The maximum atomic E-state index is 5.75. The van der Waals surface area contributed by atoms with E-state index in [1.165, 1.54) is 0 Å². The van der Waals surface area contributed by atoms with Crippen LogP contribution in [0.1, 0.15) is 5.69 Å². The third-order valence-corrected chi connectivity index (χ3v) is 2.88. The summed E-state index contributed by atoms with van der Waals surface area (Å²) in [7, 11) is 1.95. The Morgan fingerprint density at radius 2 is 2.53 bits per heavy atom. The first-order valence-electron chi connectivity index (χ1n) is 5.43. The number of nitrogens with zero attached hydrogens (tertiary/aromatic N) is 3. The Morgan fingerprint density at radius 3 is 3.20 bits per heavy atom. The van der Waals surface area contributed by atoms with Crippen molar-refractivity contribution in [3.8, 4) is 0 Å². The number of nitrogens with two attached hydrogens (primary N) is 1. The number of nitrogens with one attached hydrogen (secondary N) is 1. The van der Waals surface area contributed by atoms with Crippen molar-refractivity contribution in [1.82, 2.24) is 20.0 Å². The molecule has 1 atom stereocenters. The molecule has 1 aliphatic heterocycles. The monoisotopic (exact) mass is 209 g/mol. The van der Waals surface area contributed by atoms with E-state index >= 15 is 0 Å². The molecule has 1 aliphatic rings. The Morgan fingerprint density at radius 1 is 1.67 bits per heavy atom. The van der Waals surface area contributed by atoms with Gasteiger partial charge in [0.25, 0.3) is 0 Å². The molecule has 0 radical (unpaired) electrons. The standard InChI is InChI=1S/C10H19N5/c1-14-4-2-9(13-14)8-15-5-3-12-7-10(15)6-11/h2,4,10,12H,3,5-8,11H2,1H3. The van der Waals surface area contributed by atoms with Crippen molar-refractivity contribution in [3.63, 3.8) is 0 Å². The van der Waals surface area contributed by atoms with Gasteiger partial charge in [0.05, 0.1) is 5.69 Å². The van der Waals surface area contributed by atoms with Crippen LogP contribution in [0.15, 0.2) is 12.3 Å². The molecule has 1 saturated heterocycles. The summed E-state index contributed by atoms with van der Waals surface area (Å²) in [6.45, 7) is 4.70. The molecule has 1 aromatic heterocycles. The topological polar surface area (TPSA) is 59.1 Å². The molecule has 1 fully saturated rings. The van der Waals surface area contributed by atoms with Gasteiger partial charge in [-0.05, 0) is 6.07 Å². The van der Waals surface area contributed by atoms with Gasteiger partial charge in [-0.25, -0.2) is 0 Å². The number of hydrogen-bond acceptors (Lipinski definition) is 4. The number of aromatic nitrogens is 2. The van der Waals surface area contributed by atoms with E-state index in [2.05, 4.69) is 21.4 Å². The molecule has 1 unspecified atom stereocenters. The molecule has 2 rings (SSSR count). The number of piperazine rings is 1. The van der Waals surface area contributed by atoms with Crippen molar-refractivity contribution in [2.24, 2.45) is 12.8 Å². The van der Waals surface area contributed by atoms with Gasteiger partial charge in [0.1, 0.15) is 0 Å². The van der Waals surface area contributed by atoms with Crippen molar-refractivity contribution in [2.45, 2.75) is 12.6 Å². The molecule has 5 heteroatoms. The molecule has 0 spiro atoms. The third kappa shape index (κ3) is 2.56. The van der Waals surface area contributed by atoms with E-state index < -0.39 is 0 Å². The second-order valence-corrected chi connectivity index (χ2v) is 4.04. The molecule has 15 heavy (non-hydrogen) atoms. The minimum Gasteiger partial charge on any atom is -0.329 e. The molecular weight excluding hydrogens is 190 g/mol. The van der Waals surface area contributed by atoms with Crippen LogP contribution in [-0.2, 0) is 13.6 Å². The SMILES string of the molecule is Cn1ccc(CN2CCNCC2CN)n1. The van der Waals surface area contributed by atoms with Gasteiger partial charge in [-0.2, -0.15) is 5.10 Å². The summed E-state index contributed by atoms with van der Waals surface area (Å²) in [6, 6.07) is 2.51. The van der Waals surface area contributed by atoms with E-state index in [1.54, 1.807) is 0 Å². The summed E-state index contributed by atoms with van der Waals surface area (Å²) in [5.74, 6) is 0. The smallest absolute Gasteiger partial charge is 0.0764 e. The molecule has 0 aromatic carbocycles. The van der Waals surface area contributed by atoms with Crippen LogP contribution in [0.3, 0.4) is 0 Å². The first-order chi connectivity index (χ1) is 7.29. The van der Waals surface area contributed by atoms with Crippen LogP contribution in [-0.4, -0.2) is 46.9 Å². The molecule has 3 N–H and O–H groups in total. The molecule has 0 bridgehead atoms. The molecular formula is C10H19N5. The van der Waals surface area contributed by atoms with Crippen molar-refractivity contribution in [3.05, 3.63) is 18.0 Å². The Labute approximate surface area is 90.2 Å². The molecule has 5 nitrogen and oxygen atoms in total. The predicted molar refractivity (Wildman–Crippen MR) is 59.3 cm³/mol. The highest BCUT2D eigenvalue weighted by Crippen LogP contribution is 2.07. The lowest BCUT2D eigenvalue weighted by Gasteiger charge is -2.34. The zero-order chi connectivity index (χ0) is 10.7. The van der Waals surface area contributed by atoms with E-state index in [9.17, 15) is 0 Å². The number of hydrogen-bond donors (Lipinski definition) is 2. The molecule has 0 saturated carbocycles. The lowest BCUT2D eigenvalue weighted by molar-refractivity contribution is 0.155. The maximum absolute atomic E-state index is 5.75. The van der Waals surface area contributed by atoms with Gasteiger partial charge in [-0.3, -0.25) is 9.58 Å². The second kappa shape index (κ2) is 4.74. The van der Waals surface area contributed by atoms with Crippen molar-refractivity contribution in [1.29, 1.82) is 0 Å². The van der Waals surface area contributed by atoms with Crippen LogP contribution in [0.4, 0.5) is 0 Å². The van der Waals surface area contributed by atoms with Gasteiger partial charge >= 0.3 is 0 Å². The van der Waals surface area contributed by atoms with Crippen LogP contribution in [0.2, 0.25) is 0 Å². The van der Waals surface area contributed by atoms with Crippen LogP contribution < -0.4 is 11.1 Å². The van der Waals surface area contributed by atoms with E-state index in [4.69, 9.17) is 5.73 Å². The maximum Gasteiger partial charge on any atom is 0.0764 e. The minimum atomic E-state index is 0.445. The van der Waals surface area contributed by atoms with Crippen LogP contribution >= 0.6 is 0 Å².